The van der Waals surface area contributed by atoms with Gasteiger partial charge in [-0.1, -0.05) is 12.1 Å². The van der Waals surface area contributed by atoms with Crippen LogP contribution < -0.4 is 15.4 Å². The fourth-order valence-electron chi connectivity index (χ4n) is 4.35. The van der Waals surface area contributed by atoms with Gasteiger partial charge >= 0.3 is 12.2 Å². The van der Waals surface area contributed by atoms with Crippen LogP contribution in [0.25, 0.3) is 5.57 Å². The number of hydrogen-bond donors (Lipinski definition) is 3. The number of carbonyl (C=O) groups is 2. The summed E-state index contributed by atoms with van der Waals surface area (Å²) < 4.78 is 66.6. The van der Waals surface area contributed by atoms with E-state index in [4.69, 9.17) is 9.47 Å². The molecular weight excluding hydrogens is 508 g/mol. The van der Waals surface area contributed by atoms with Crippen LogP contribution in [0.1, 0.15) is 44.2 Å². The van der Waals surface area contributed by atoms with Crippen molar-refractivity contribution < 1.29 is 41.7 Å². The molecular formula is C27H26F4N2O5. The van der Waals surface area contributed by atoms with E-state index in [1.165, 1.54) is 30.3 Å². The van der Waals surface area contributed by atoms with E-state index in [-0.39, 0.29) is 42.2 Å². The van der Waals surface area contributed by atoms with E-state index in [2.05, 4.69) is 10.6 Å². The number of carbonyl (C=O) groups excluding carboxylic acids is 2. The van der Waals surface area contributed by atoms with Crippen LogP contribution in [0.3, 0.4) is 0 Å². The first-order chi connectivity index (χ1) is 17.9. The zero-order valence-electron chi connectivity index (χ0n) is 20.6. The van der Waals surface area contributed by atoms with Crippen LogP contribution >= 0.6 is 0 Å². The zero-order chi connectivity index (χ0) is 27.7. The third-order valence-electron chi connectivity index (χ3n) is 6.15. The molecule has 0 saturated heterocycles. The normalized spacial score (nSPS) is 21.1. The lowest BCUT2D eigenvalue weighted by molar-refractivity contribution is -0.142. The molecule has 2 aromatic rings. The maximum absolute atomic E-state index is 14.8. The van der Waals surface area contributed by atoms with Crippen LogP contribution in [-0.2, 0) is 15.7 Å². The predicted octanol–water partition coefficient (Wildman–Crippen LogP) is 6.06. The summed E-state index contributed by atoms with van der Waals surface area (Å²) >= 11 is 0. The summed E-state index contributed by atoms with van der Waals surface area (Å²) in [5.74, 6) is -1.20. The summed E-state index contributed by atoms with van der Waals surface area (Å²) in [7, 11) is 0. The Morgan fingerprint density at radius 2 is 1.89 bits per heavy atom. The van der Waals surface area contributed by atoms with Gasteiger partial charge < -0.3 is 25.2 Å². The monoisotopic (exact) mass is 534 g/mol. The molecule has 0 spiro atoms. The molecule has 1 saturated carbocycles. The minimum absolute atomic E-state index is 0.107. The largest absolute Gasteiger partial charge is 0.490 e. The van der Waals surface area contributed by atoms with Crippen molar-refractivity contribution in [2.24, 2.45) is 0 Å². The molecule has 2 amide bonds. The molecule has 2 aliphatic carbocycles. The molecule has 0 heterocycles. The van der Waals surface area contributed by atoms with Crippen LogP contribution in [0.2, 0.25) is 0 Å². The Labute approximate surface area is 216 Å². The van der Waals surface area contributed by atoms with E-state index in [9.17, 15) is 32.3 Å². The van der Waals surface area contributed by atoms with Gasteiger partial charge in [-0.25, -0.2) is 9.18 Å². The first kappa shape index (κ1) is 27.2. The average molecular weight is 535 g/mol. The second kappa shape index (κ2) is 10.5. The number of alkyl halides is 3. The number of rotatable bonds is 7. The fraction of sp³-hybridized carbons (Fsp3) is 0.333. The first-order valence-corrected chi connectivity index (χ1v) is 11.9. The summed E-state index contributed by atoms with van der Waals surface area (Å²) in [5, 5.41) is 14.0. The Kier molecular flexibility index (Phi) is 7.50. The van der Waals surface area contributed by atoms with Gasteiger partial charge in [0.1, 0.15) is 17.2 Å². The number of anilines is 2. The lowest BCUT2D eigenvalue weighted by atomic mass is 9.79. The van der Waals surface area contributed by atoms with Crippen molar-refractivity contribution in [1.29, 1.82) is 0 Å². The van der Waals surface area contributed by atoms with Crippen LogP contribution in [0.4, 0.5) is 33.7 Å². The number of ether oxygens (including phenoxy) is 2. The number of nitrogens with one attached hydrogen (secondary N) is 2. The number of hydrogen-bond acceptors (Lipinski definition) is 5. The van der Waals surface area contributed by atoms with Crippen molar-refractivity contribution in [3.05, 3.63) is 71.3 Å². The molecule has 0 unspecified atom stereocenters. The second-order valence-corrected chi connectivity index (χ2v) is 9.32. The number of halogens is 4. The zero-order valence-corrected chi connectivity index (χ0v) is 20.6. The molecule has 0 bridgehead atoms. The Morgan fingerprint density at radius 3 is 2.53 bits per heavy atom. The number of amides is 2. The Morgan fingerprint density at radius 1 is 1.16 bits per heavy atom. The first-order valence-electron chi connectivity index (χ1n) is 11.9. The van der Waals surface area contributed by atoms with Crippen LogP contribution in [0.15, 0.2) is 54.3 Å². The maximum Gasteiger partial charge on any atom is 0.420 e. The predicted molar refractivity (Wildman–Crippen MR) is 132 cm³/mol. The average Bonchev–Trinajstić information content (AvgIpc) is 2.81. The summed E-state index contributed by atoms with van der Waals surface area (Å²) in [6.07, 6.45) is -1.72. The standard InChI is InChI=1S/C27H26F4N2O5/c1-3-37-24-11-16(5-8-22(24)35)15-4-7-21(20(28)10-15)33-25(36)32-17-6-9-23(19(12-17)27(29,30)31)38-26(2)13-18(34)14-26/h4-7,9-12,18,34H,3,8,13-14H2,1-2H3,(H2,32,33,36). The quantitative estimate of drug-likeness (QED) is 0.376. The highest BCUT2D eigenvalue weighted by Gasteiger charge is 2.44. The molecule has 11 heteroatoms. The van der Waals surface area contributed by atoms with Gasteiger partial charge in [-0.05, 0) is 61.4 Å². The highest BCUT2D eigenvalue weighted by atomic mass is 19.4. The van der Waals surface area contributed by atoms with Crippen molar-refractivity contribution in [2.75, 3.05) is 17.2 Å². The molecule has 0 aromatic heterocycles. The summed E-state index contributed by atoms with van der Waals surface area (Å²) in [4.78, 5) is 24.3. The molecule has 2 aliphatic rings. The molecule has 202 valence electrons. The van der Waals surface area contributed by atoms with Crippen molar-refractivity contribution in [3.63, 3.8) is 0 Å². The smallest absolute Gasteiger partial charge is 0.420 e. The molecule has 0 aliphatic heterocycles. The minimum atomic E-state index is -4.76. The Balaban J connectivity index is 1.46. The van der Waals surface area contributed by atoms with Gasteiger partial charge in [0.25, 0.3) is 0 Å². The molecule has 0 radical (unpaired) electrons. The van der Waals surface area contributed by atoms with Crippen LogP contribution in [0.5, 0.6) is 5.75 Å². The second-order valence-electron chi connectivity index (χ2n) is 9.32. The van der Waals surface area contributed by atoms with Crippen molar-refractivity contribution in [1.82, 2.24) is 0 Å². The lowest BCUT2D eigenvalue weighted by Gasteiger charge is -2.42. The number of ketones is 1. The van der Waals surface area contributed by atoms with E-state index < -0.39 is 41.0 Å². The van der Waals surface area contributed by atoms with Gasteiger partial charge in [0.2, 0.25) is 5.78 Å². The van der Waals surface area contributed by atoms with Gasteiger partial charge in [0.05, 0.1) is 24.0 Å². The van der Waals surface area contributed by atoms with Gasteiger partial charge in [-0.15, -0.1) is 0 Å². The van der Waals surface area contributed by atoms with E-state index in [0.717, 1.165) is 12.1 Å². The summed E-state index contributed by atoms with van der Waals surface area (Å²) in [5.41, 5.74) is -1.35. The molecule has 1 fully saturated rings. The van der Waals surface area contributed by atoms with E-state index in [1.807, 2.05) is 0 Å². The van der Waals surface area contributed by atoms with Crippen molar-refractivity contribution in [3.8, 4) is 5.75 Å². The van der Waals surface area contributed by atoms with Gasteiger partial charge in [-0.2, -0.15) is 13.2 Å². The summed E-state index contributed by atoms with van der Waals surface area (Å²) in [6.45, 7) is 3.66. The van der Waals surface area contributed by atoms with Crippen LogP contribution in [0, 0.1) is 5.82 Å². The third-order valence-corrected chi connectivity index (χ3v) is 6.15. The maximum atomic E-state index is 14.8. The van der Waals surface area contributed by atoms with E-state index in [1.54, 1.807) is 19.9 Å². The Bertz CT molecular complexity index is 1310. The van der Waals surface area contributed by atoms with E-state index in [0.29, 0.717) is 17.7 Å². The topological polar surface area (TPSA) is 96.9 Å². The highest BCUT2D eigenvalue weighted by molar-refractivity contribution is 6.02. The minimum Gasteiger partial charge on any atom is -0.490 e. The molecule has 2 aromatic carbocycles. The highest BCUT2D eigenvalue weighted by Crippen LogP contribution is 2.43. The number of aliphatic hydroxyl groups is 1. The molecule has 0 atom stereocenters. The van der Waals surface area contributed by atoms with Gasteiger partial charge in [0, 0.05) is 24.9 Å². The van der Waals surface area contributed by atoms with Gasteiger partial charge in [-0.3, -0.25) is 4.79 Å². The molecule has 4 rings (SSSR count). The lowest BCUT2D eigenvalue weighted by Crippen LogP contribution is -2.49. The fourth-order valence-corrected chi connectivity index (χ4v) is 4.35. The SMILES string of the molecule is CCOC1=CC(c2ccc(NC(=O)Nc3ccc(OC4(C)CC(O)C4)c(C(F)(F)F)c3)c(F)c2)=CCC1=O. The third kappa shape index (κ3) is 6.16. The number of benzene rings is 2. The molecule has 7 nitrogen and oxygen atoms in total. The van der Waals surface area contributed by atoms with Crippen molar-refractivity contribution >= 4 is 28.8 Å². The van der Waals surface area contributed by atoms with E-state index >= 15 is 0 Å². The van der Waals surface area contributed by atoms with Crippen molar-refractivity contribution in [2.45, 2.75) is 51.0 Å². The van der Waals surface area contributed by atoms with Crippen LogP contribution in [-0.4, -0.2) is 35.2 Å². The number of allylic oxidation sites excluding steroid dienone is 4. The number of Topliss-reactive ketones (excluding diaryl/α,β-unsaturated/α-hetero) is 1. The number of urea groups is 1. The molecule has 38 heavy (non-hydrogen) atoms. The Hall–Kier alpha value is -3.86. The molecule has 3 N–H and O–H groups in total. The number of aliphatic hydroxyl groups excluding tert-OH is 1. The van der Waals surface area contributed by atoms with Gasteiger partial charge in [0.15, 0.2) is 5.76 Å². The summed E-state index contributed by atoms with van der Waals surface area (Å²) in [6, 6.07) is 6.12.